The predicted molar refractivity (Wildman–Crippen MR) is 88.6 cm³/mol. The van der Waals surface area contributed by atoms with Crippen molar-refractivity contribution in [1.29, 1.82) is 0 Å². The van der Waals surface area contributed by atoms with Crippen LogP contribution in [0.4, 0.5) is 0 Å². The maximum Gasteiger partial charge on any atom is 0.119 e. The lowest BCUT2D eigenvalue weighted by molar-refractivity contribution is 0.413. The average Bonchev–Trinajstić information content (AvgIpc) is 2.47. The van der Waals surface area contributed by atoms with Crippen LogP contribution in [0.15, 0.2) is 56.7 Å². The maximum absolute atomic E-state index is 5.27. The summed E-state index contributed by atoms with van der Waals surface area (Å²) in [5, 5.41) is 3.38. The first-order valence-corrected chi connectivity index (χ1v) is 8.15. The summed E-state index contributed by atoms with van der Waals surface area (Å²) in [6.07, 6.45) is 0. The summed E-state index contributed by atoms with van der Waals surface area (Å²) in [5.74, 6) is 0.889. The van der Waals surface area contributed by atoms with Gasteiger partial charge in [0, 0.05) is 20.8 Å². The first kappa shape index (κ1) is 15.4. The fourth-order valence-electron chi connectivity index (χ4n) is 1.84. The van der Waals surface area contributed by atoms with Crippen molar-refractivity contribution in [1.82, 2.24) is 5.32 Å². The van der Waals surface area contributed by atoms with Crippen molar-refractivity contribution < 1.29 is 4.74 Å². The largest absolute Gasteiger partial charge is 0.497 e. The van der Waals surface area contributed by atoms with Crippen molar-refractivity contribution in [2.45, 2.75) is 23.3 Å². The lowest BCUT2D eigenvalue weighted by atomic mass is 10.2. The summed E-state index contributed by atoms with van der Waals surface area (Å²) in [6, 6.07) is 14.6. The van der Waals surface area contributed by atoms with E-state index >= 15 is 0 Å². The molecule has 0 aromatic heterocycles. The van der Waals surface area contributed by atoms with Crippen LogP contribution in [0, 0.1) is 0 Å². The summed E-state index contributed by atoms with van der Waals surface area (Å²) in [4.78, 5) is 2.45. The third-order valence-corrected chi connectivity index (χ3v) is 4.46. The lowest BCUT2D eigenvalue weighted by Crippen LogP contribution is -2.12. The van der Waals surface area contributed by atoms with Gasteiger partial charge >= 0.3 is 0 Å². The van der Waals surface area contributed by atoms with E-state index in [9.17, 15) is 0 Å². The lowest BCUT2D eigenvalue weighted by Gasteiger charge is -2.11. The number of methoxy groups -OCH3 is 1. The van der Waals surface area contributed by atoms with E-state index in [1.807, 2.05) is 12.1 Å². The monoisotopic (exact) mass is 351 g/mol. The number of halogens is 1. The van der Waals surface area contributed by atoms with Crippen LogP contribution >= 0.6 is 27.7 Å². The minimum Gasteiger partial charge on any atom is -0.497 e. The minimum atomic E-state index is 0.877. The fraction of sp³-hybridized carbons (Fsp3) is 0.250. The van der Waals surface area contributed by atoms with Gasteiger partial charge in [-0.15, -0.1) is 0 Å². The molecular formula is C16H18BrNOS. The third-order valence-electron chi connectivity index (χ3n) is 2.86. The standard InChI is InChI=1S/C16H18BrNOS/c1-3-18-11-12-9-13(17)7-8-16(12)20-15-6-4-5-14(10-15)19-2/h4-10,18H,3,11H2,1-2H3. The molecule has 0 saturated heterocycles. The Hall–Kier alpha value is -0.970. The highest BCUT2D eigenvalue weighted by Crippen LogP contribution is 2.33. The van der Waals surface area contributed by atoms with Crippen LogP contribution < -0.4 is 10.1 Å². The number of benzene rings is 2. The molecule has 2 nitrogen and oxygen atoms in total. The molecule has 0 saturated carbocycles. The van der Waals surface area contributed by atoms with Crippen molar-refractivity contribution in [3.63, 3.8) is 0 Å². The van der Waals surface area contributed by atoms with Crippen LogP contribution in [0.3, 0.4) is 0 Å². The molecule has 0 unspecified atom stereocenters. The molecule has 2 rings (SSSR count). The maximum atomic E-state index is 5.27. The van der Waals surface area contributed by atoms with E-state index < -0.39 is 0 Å². The molecule has 0 amide bonds. The van der Waals surface area contributed by atoms with Crippen molar-refractivity contribution in [3.05, 3.63) is 52.5 Å². The summed E-state index contributed by atoms with van der Waals surface area (Å²) in [5.41, 5.74) is 1.30. The Labute approximate surface area is 133 Å². The van der Waals surface area contributed by atoms with Crippen molar-refractivity contribution in [2.75, 3.05) is 13.7 Å². The normalized spacial score (nSPS) is 10.6. The Morgan fingerprint density at radius 1 is 1.20 bits per heavy atom. The minimum absolute atomic E-state index is 0.877. The quantitative estimate of drug-likeness (QED) is 0.813. The highest BCUT2D eigenvalue weighted by atomic mass is 79.9. The van der Waals surface area contributed by atoms with Gasteiger partial charge < -0.3 is 10.1 Å². The molecule has 2 aromatic rings. The highest BCUT2D eigenvalue weighted by Gasteiger charge is 2.06. The van der Waals surface area contributed by atoms with E-state index in [1.165, 1.54) is 15.4 Å². The summed E-state index contributed by atoms with van der Waals surface area (Å²) in [6.45, 7) is 3.96. The molecule has 0 radical (unpaired) electrons. The molecule has 106 valence electrons. The molecule has 0 aliphatic rings. The van der Waals surface area contributed by atoms with Crippen molar-refractivity contribution in [3.8, 4) is 5.75 Å². The third kappa shape index (κ3) is 4.27. The van der Waals surface area contributed by atoms with Crippen molar-refractivity contribution >= 4 is 27.7 Å². The van der Waals surface area contributed by atoms with Crippen LogP contribution in [0.25, 0.3) is 0 Å². The summed E-state index contributed by atoms with van der Waals surface area (Å²) >= 11 is 5.30. The van der Waals surface area contributed by atoms with Crippen LogP contribution in [-0.2, 0) is 6.54 Å². The second kappa shape index (κ2) is 7.72. The van der Waals surface area contributed by atoms with Gasteiger partial charge in [0.1, 0.15) is 5.75 Å². The molecule has 0 bridgehead atoms. The van der Waals surface area contributed by atoms with Crippen LogP contribution in [0.5, 0.6) is 5.75 Å². The predicted octanol–water partition coefficient (Wildman–Crippen LogP) is 4.72. The Morgan fingerprint density at radius 2 is 2.05 bits per heavy atom. The second-order valence-corrected chi connectivity index (χ2v) is 6.34. The van der Waals surface area contributed by atoms with Gasteiger partial charge in [-0.1, -0.05) is 40.7 Å². The molecule has 4 heteroatoms. The Morgan fingerprint density at radius 3 is 2.80 bits per heavy atom. The molecular weight excluding hydrogens is 334 g/mol. The van der Waals surface area contributed by atoms with Crippen molar-refractivity contribution in [2.24, 2.45) is 0 Å². The van der Waals surface area contributed by atoms with E-state index in [2.05, 4.69) is 58.5 Å². The highest BCUT2D eigenvalue weighted by molar-refractivity contribution is 9.10. The molecule has 0 fully saturated rings. The van der Waals surface area contributed by atoms with E-state index in [0.29, 0.717) is 0 Å². The van der Waals surface area contributed by atoms with Gasteiger partial charge in [0.15, 0.2) is 0 Å². The first-order chi connectivity index (χ1) is 9.72. The first-order valence-electron chi connectivity index (χ1n) is 6.54. The van der Waals surface area contributed by atoms with E-state index in [4.69, 9.17) is 4.74 Å². The second-order valence-electron chi connectivity index (χ2n) is 4.31. The zero-order valence-corrected chi connectivity index (χ0v) is 14.1. The van der Waals surface area contributed by atoms with Crippen LogP contribution in [0.2, 0.25) is 0 Å². The van der Waals surface area contributed by atoms with Crippen LogP contribution in [-0.4, -0.2) is 13.7 Å². The fourth-order valence-corrected chi connectivity index (χ4v) is 3.22. The van der Waals surface area contributed by atoms with E-state index in [0.717, 1.165) is 23.3 Å². The summed E-state index contributed by atoms with van der Waals surface area (Å²) < 4.78 is 6.39. The van der Waals surface area contributed by atoms with Gasteiger partial charge in [0.2, 0.25) is 0 Å². The Kier molecular flexibility index (Phi) is 5.95. The SMILES string of the molecule is CCNCc1cc(Br)ccc1Sc1cccc(OC)c1. The molecule has 2 aromatic carbocycles. The topological polar surface area (TPSA) is 21.3 Å². The van der Waals surface area contributed by atoms with Gasteiger partial charge in [0.25, 0.3) is 0 Å². The molecule has 0 aliphatic heterocycles. The number of hydrogen-bond donors (Lipinski definition) is 1. The molecule has 0 atom stereocenters. The smallest absolute Gasteiger partial charge is 0.119 e. The van der Waals surface area contributed by atoms with Gasteiger partial charge in [-0.2, -0.15) is 0 Å². The number of ether oxygens (including phenoxy) is 1. The van der Waals surface area contributed by atoms with Gasteiger partial charge in [0.05, 0.1) is 7.11 Å². The average molecular weight is 352 g/mol. The molecule has 0 aliphatic carbocycles. The molecule has 0 spiro atoms. The Bertz CT molecular complexity index is 574. The number of rotatable bonds is 6. The zero-order valence-electron chi connectivity index (χ0n) is 11.7. The van der Waals surface area contributed by atoms with Gasteiger partial charge in [-0.25, -0.2) is 0 Å². The zero-order chi connectivity index (χ0) is 14.4. The summed E-state index contributed by atoms with van der Waals surface area (Å²) in [7, 11) is 1.69. The number of hydrogen-bond acceptors (Lipinski definition) is 3. The van der Waals surface area contributed by atoms with E-state index in [-0.39, 0.29) is 0 Å². The van der Waals surface area contributed by atoms with Crippen LogP contribution in [0.1, 0.15) is 12.5 Å². The van der Waals surface area contributed by atoms with Gasteiger partial charge in [-0.3, -0.25) is 0 Å². The molecule has 1 N–H and O–H groups in total. The number of nitrogens with one attached hydrogen (secondary N) is 1. The molecule has 20 heavy (non-hydrogen) atoms. The van der Waals surface area contributed by atoms with Gasteiger partial charge in [-0.05, 0) is 48.5 Å². The molecule has 0 heterocycles. The van der Waals surface area contributed by atoms with E-state index in [1.54, 1.807) is 18.9 Å². The Balaban J connectivity index is 2.22.